The van der Waals surface area contributed by atoms with Crippen LogP contribution in [0.25, 0.3) is 0 Å². The van der Waals surface area contributed by atoms with E-state index in [4.69, 9.17) is 0 Å². The quantitative estimate of drug-likeness (QED) is 0.897. The maximum Gasteiger partial charge on any atom is 0.574 e. The number of halogens is 3. The van der Waals surface area contributed by atoms with Crippen LogP contribution in [0.15, 0.2) is 18.2 Å². The van der Waals surface area contributed by atoms with Crippen molar-refractivity contribution in [2.45, 2.75) is 37.7 Å². The average Bonchev–Trinajstić information content (AvgIpc) is 2.85. The van der Waals surface area contributed by atoms with Crippen LogP contribution in [0.2, 0.25) is 0 Å². The minimum Gasteiger partial charge on any atom is -0.388 e. The lowest BCUT2D eigenvalue weighted by molar-refractivity contribution is -0.276. The number of aromatic nitrogens is 1. The third-order valence-electron chi connectivity index (χ3n) is 3.95. The molecule has 3 unspecified atom stereocenters. The van der Waals surface area contributed by atoms with Crippen LogP contribution in [0.4, 0.5) is 19.0 Å². The zero-order chi connectivity index (χ0) is 15.3. The number of alkyl halides is 3. The van der Waals surface area contributed by atoms with Crippen LogP contribution in [0.5, 0.6) is 5.88 Å². The van der Waals surface area contributed by atoms with E-state index >= 15 is 0 Å². The van der Waals surface area contributed by atoms with E-state index in [0.717, 1.165) is 18.9 Å². The SMILES string of the molecule is CC12CC1CC(C(=O)Nc1cccc(OC(F)(F)F)n1)N2. The second-order valence-corrected chi connectivity index (χ2v) is 5.65. The molecule has 1 saturated heterocycles. The maximum absolute atomic E-state index is 12.1. The highest BCUT2D eigenvalue weighted by molar-refractivity contribution is 5.94. The van der Waals surface area contributed by atoms with E-state index in [9.17, 15) is 18.0 Å². The van der Waals surface area contributed by atoms with Crippen molar-refractivity contribution in [3.05, 3.63) is 18.2 Å². The summed E-state index contributed by atoms with van der Waals surface area (Å²) in [5.74, 6) is -0.357. The molecule has 8 heteroatoms. The van der Waals surface area contributed by atoms with Crippen molar-refractivity contribution in [3.8, 4) is 5.88 Å². The molecule has 0 bridgehead atoms. The number of nitrogens with one attached hydrogen (secondary N) is 2. The summed E-state index contributed by atoms with van der Waals surface area (Å²) in [4.78, 5) is 15.7. The molecule has 5 nitrogen and oxygen atoms in total. The Morgan fingerprint density at radius 2 is 2.29 bits per heavy atom. The Hall–Kier alpha value is -1.83. The third kappa shape index (κ3) is 3.10. The highest BCUT2D eigenvalue weighted by Crippen LogP contribution is 2.51. The number of hydrogen-bond donors (Lipinski definition) is 2. The highest BCUT2D eigenvalue weighted by Gasteiger charge is 2.57. The molecule has 2 aliphatic rings. The Bertz CT molecular complexity index is 578. The normalized spacial score (nSPS) is 30.7. The van der Waals surface area contributed by atoms with Crippen molar-refractivity contribution < 1.29 is 22.7 Å². The summed E-state index contributed by atoms with van der Waals surface area (Å²) < 4.78 is 40.0. The molecule has 2 heterocycles. The number of amides is 1. The number of hydrogen-bond acceptors (Lipinski definition) is 4. The number of rotatable bonds is 3. The molecule has 1 saturated carbocycles. The van der Waals surface area contributed by atoms with Gasteiger partial charge in [-0.15, -0.1) is 13.2 Å². The molecule has 21 heavy (non-hydrogen) atoms. The van der Waals surface area contributed by atoms with E-state index in [-0.39, 0.29) is 23.3 Å². The Kier molecular flexibility index (Phi) is 3.09. The van der Waals surface area contributed by atoms with Crippen LogP contribution >= 0.6 is 0 Å². The van der Waals surface area contributed by atoms with Crippen molar-refractivity contribution in [2.24, 2.45) is 5.92 Å². The fourth-order valence-corrected chi connectivity index (χ4v) is 2.76. The van der Waals surface area contributed by atoms with Gasteiger partial charge in [-0.3, -0.25) is 4.79 Å². The van der Waals surface area contributed by atoms with Gasteiger partial charge in [0.2, 0.25) is 11.8 Å². The van der Waals surface area contributed by atoms with Crippen LogP contribution in [0.1, 0.15) is 19.8 Å². The molecule has 3 atom stereocenters. The van der Waals surface area contributed by atoms with Gasteiger partial charge in [-0.25, -0.2) is 0 Å². The summed E-state index contributed by atoms with van der Waals surface area (Å²) in [7, 11) is 0. The van der Waals surface area contributed by atoms with E-state index in [2.05, 4.69) is 27.3 Å². The third-order valence-corrected chi connectivity index (χ3v) is 3.95. The van der Waals surface area contributed by atoms with Gasteiger partial charge in [0, 0.05) is 11.6 Å². The zero-order valence-corrected chi connectivity index (χ0v) is 11.2. The second kappa shape index (κ2) is 4.59. The monoisotopic (exact) mass is 301 g/mol. The van der Waals surface area contributed by atoms with E-state index in [0.29, 0.717) is 5.92 Å². The molecule has 1 aliphatic heterocycles. The highest BCUT2D eigenvalue weighted by atomic mass is 19.4. The topological polar surface area (TPSA) is 63.2 Å². The van der Waals surface area contributed by atoms with Gasteiger partial charge < -0.3 is 15.4 Å². The molecular weight excluding hydrogens is 287 g/mol. The van der Waals surface area contributed by atoms with E-state index in [1.54, 1.807) is 0 Å². The van der Waals surface area contributed by atoms with E-state index in [1.165, 1.54) is 12.1 Å². The Labute approximate surface area is 118 Å². The lowest BCUT2D eigenvalue weighted by atomic mass is 10.1. The Morgan fingerprint density at radius 3 is 2.90 bits per heavy atom. The van der Waals surface area contributed by atoms with Gasteiger partial charge in [-0.1, -0.05) is 6.07 Å². The predicted molar refractivity (Wildman–Crippen MR) is 67.6 cm³/mol. The van der Waals surface area contributed by atoms with Crippen LogP contribution in [-0.2, 0) is 4.79 Å². The summed E-state index contributed by atoms with van der Waals surface area (Å²) in [5.41, 5.74) is 0.0384. The lowest BCUT2D eigenvalue weighted by Crippen LogP contribution is -2.41. The smallest absolute Gasteiger partial charge is 0.388 e. The van der Waals surface area contributed by atoms with Crippen molar-refractivity contribution in [2.75, 3.05) is 5.32 Å². The van der Waals surface area contributed by atoms with Gasteiger partial charge in [0.05, 0.1) is 6.04 Å². The van der Waals surface area contributed by atoms with Crippen LogP contribution < -0.4 is 15.4 Å². The van der Waals surface area contributed by atoms with Crippen molar-refractivity contribution in [1.29, 1.82) is 0 Å². The number of carbonyl (C=O) groups excluding carboxylic acids is 1. The van der Waals surface area contributed by atoms with Gasteiger partial charge >= 0.3 is 6.36 Å². The second-order valence-electron chi connectivity index (χ2n) is 5.65. The number of pyridine rings is 1. The largest absolute Gasteiger partial charge is 0.574 e. The van der Waals surface area contributed by atoms with E-state index < -0.39 is 12.2 Å². The summed E-state index contributed by atoms with van der Waals surface area (Å²) in [5, 5.41) is 5.73. The zero-order valence-electron chi connectivity index (χ0n) is 11.2. The van der Waals surface area contributed by atoms with E-state index in [1.807, 2.05) is 0 Å². The average molecular weight is 301 g/mol. The molecular formula is C13H14F3N3O2. The first-order chi connectivity index (χ1) is 9.75. The number of piperidine rings is 1. The summed E-state index contributed by atoms with van der Waals surface area (Å²) in [6, 6.07) is 3.50. The minimum atomic E-state index is -4.81. The first-order valence-corrected chi connectivity index (χ1v) is 6.56. The van der Waals surface area contributed by atoms with Crippen LogP contribution in [0, 0.1) is 5.92 Å². The molecule has 2 N–H and O–H groups in total. The van der Waals surface area contributed by atoms with Gasteiger partial charge in [0.25, 0.3) is 0 Å². The first kappa shape index (κ1) is 14.1. The van der Waals surface area contributed by atoms with Crippen molar-refractivity contribution >= 4 is 11.7 Å². The summed E-state index contributed by atoms with van der Waals surface area (Å²) in [6.07, 6.45) is -3.01. The summed E-state index contributed by atoms with van der Waals surface area (Å²) >= 11 is 0. The Morgan fingerprint density at radius 1 is 1.52 bits per heavy atom. The molecule has 0 aromatic carbocycles. The molecule has 2 fully saturated rings. The number of carbonyl (C=O) groups is 1. The van der Waals surface area contributed by atoms with Gasteiger partial charge in [0.15, 0.2) is 0 Å². The molecule has 0 spiro atoms. The maximum atomic E-state index is 12.1. The number of anilines is 1. The fourth-order valence-electron chi connectivity index (χ4n) is 2.76. The van der Waals surface area contributed by atoms with Crippen LogP contribution in [0.3, 0.4) is 0 Å². The van der Waals surface area contributed by atoms with Crippen LogP contribution in [-0.4, -0.2) is 28.8 Å². The number of nitrogens with zero attached hydrogens (tertiary/aromatic N) is 1. The molecule has 1 aromatic heterocycles. The molecule has 1 aliphatic carbocycles. The van der Waals surface area contributed by atoms with Crippen molar-refractivity contribution in [3.63, 3.8) is 0 Å². The number of ether oxygens (including phenoxy) is 1. The summed E-state index contributed by atoms with van der Waals surface area (Å²) in [6.45, 7) is 2.06. The van der Waals surface area contributed by atoms with Gasteiger partial charge in [0.1, 0.15) is 5.82 Å². The lowest BCUT2D eigenvalue weighted by Gasteiger charge is -2.16. The van der Waals surface area contributed by atoms with Gasteiger partial charge in [-0.05, 0) is 31.7 Å². The minimum absolute atomic E-state index is 0.0364. The fraction of sp³-hybridized carbons (Fsp3) is 0.538. The molecule has 0 radical (unpaired) electrons. The molecule has 1 amide bonds. The predicted octanol–water partition coefficient (Wildman–Crippen LogP) is 2.06. The van der Waals surface area contributed by atoms with Gasteiger partial charge in [-0.2, -0.15) is 4.98 Å². The Balaban J connectivity index is 1.62. The first-order valence-electron chi connectivity index (χ1n) is 6.56. The molecule has 3 rings (SSSR count). The number of fused-ring (bicyclic) bond motifs is 1. The van der Waals surface area contributed by atoms with Crippen molar-refractivity contribution in [1.82, 2.24) is 10.3 Å². The molecule has 114 valence electrons. The standard InChI is InChI=1S/C13H14F3N3O2/c1-12-6-7(12)5-8(19-12)11(20)18-9-3-2-4-10(17-9)21-13(14,15)16/h2-4,7-8,19H,5-6H2,1H3,(H,17,18,20). The molecule has 1 aromatic rings.